The Balaban J connectivity index is 3.34. The Labute approximate surface area is 85.2 Å². The van der Waals surface area contributed by atoms with Crippen molar-refractivity contribution >= 4 is 6.08 Å². The van der Waals surface area contributed by atoms with E-state index in [-0.39, 0.29) is 0 Å². The highest BCUT2D eigenvalue weighted by molar-refractivity contribution is 5.65. The minimum absolute atomic E-state index is 0.770. The smallest absolute Gasteiger partial charge is 0.168 e. The first-order chi connectivity index (χ1) is 6.74. The van der Waals surface area contributed by atoms with Crippen molar-refractivity contribution in [1.29, 1.82) is 0 Å². The van der Waals surface area contributed by atoms with Crippen molar-refractivity contribution in [3.05, 3.63) is 29.3 Å². The van der Waals surface area contributed by atoms with Crippen LogP contribution in [0.1, 0.15) is 18.1 Å². The molecule has 2 nitrogen and oxygen atoms in total. The molecule has 0 saturated carbocycles. The molecule has 1 rings (SSSR count). The normalized spacial score (nSPS) is 10.6. The number of hydrogen-bond donors (Lipinski definition) is 0. The van der Waals surface area contributed by atoms with Crippen LogP contribution in [0.2, 0.25) is 0 Å². The molecule has 0 radical (unpaired) electrons. The number of ether oxygens (including phenoxy) is 2. The van der Waals surface area contributed by atoms with Gasteiger partial charge in [-0.25, -0.2) is 0 Å². The van der Waals surface area contributed by atoms with E-state index in [1.807, 2.05) is 31.2 Å². The largest absolute Gasteiger partial charge is 0.493 e. The van der Waals surface area contributed by atoms with Gasteiger partial charge in [-0.3, -0.25) is 0 Å². The van der Waals surface area contributed by atoms with E-state index in [4.69, 9.17) is 9.47 Å². The predicted octanol–water partition coefficient (Wildman–Crippen LogP) is 3.05. The second-order valence-electron chi connectivity index (χ2n) is 3.03. The van der Waals surface area contributed by atoms with Gasteiger partial charge in [0.05, 0.1) is 14.2 Å². The van der Waals surface area contributed by atoms with Gasteiger partial charge in [-0.2, -0.15) is 0 Å². The zero-order valence-electron chi connectivity index (χ0n) is 9.13. The van der Waals surface area contributed by atoms with E-state index >= 15 is 0 Å². The Morgan fingerprint density at radius 2 is 1.86 bits per heavy atom. The molecule has 0 fully saturated rings. The number of methoxy groups -OCH3 is 2. The molecule has 1 aromatic rings. The summed E-state index contributed by atoms with van der Waals surface area (Å²) in [5.74, 6) is 1.57. The quantitative estimate of drug-likeness (QED) is 0.732. The lowest BCUT2D eigenvalue weighted by molar-refractivity contribution is 0.354. The molecule has 0 amide bonds. The molecular formula is C12H16O2. The average Bonchev–Trinajstić information content (AvgIpc) is 2.21. The number of allylic oxidation sites excluding steroid dienone is 1. The van der Waals surface area contributed by atoms with Gasteiger partial charge in [0.1, 0.15) is 0 Å². The van der Waals surface area contributed by atoms with Gasteiger partial charge in [0.15, 0.2) is 11.5 Å². The molecule has 0 unspecified atom stereocenters. The standard InChI is InChI=1S/C12H16O2/c1-5-6-10-9(2)7-8-11(13-3)12(10)14-4/h5-8H,1-4H3/b6-5+. The van der Waals surface area contributed by atoms with Crippen molar-refractivity contribution in [3.63, 3.8) is 0 Å². The van der Waals surface area contributed by atoms with E-state index in [0.29, 0.717) is 0 Å². The zero-order chi connectivity index (χ0) is 10.6. The van der Waals surface area contributed by atoms with E-state index < -0.39 is 0 Å². The van der Waals surface area contributed by atoms with Crippen molar-refractivity contribution < 1.29 is 9.47 Å². The third-order valence-corrected chi connectivity index (χ3v) is 2.14. The predicted molar refractivity (Wildman–Crippen MR) is 59.0 cm³/mol. The fourth-order valence-corrected chi connectivity index (χ4v) is 1.42. The SMILES string of the molecule is C/C=C/c1c(C)ccc(OC)c1OC. The third-order valence-electron chi connectivity index (χ3n) is 2.14. The molecule has 0 spiro atoms. The van der Waals surface area contributed by atoms with Gasteiger partial charge in [0.2, 0.25) is 0 Å². The fourth-order valence-electron chi connectivity index (χ4n) is 1.42. The molecule has 14 heavy (non-hydrogen) atoms. The minimum Gasteiger partial charge on any atom is -0.493 e. The van der Waals surface area contributed by atoms with Gasteiger partial charge in [-0.05, 0) is 25.5 Å². The average molecular weight is 192 g/mol. The van der Waals surface area contributed by atoms with E-state index in [2.05, 4.69) is 6.92 Å². The first-order valence-electron chi connectivity index (χ1n) is 4.58. The summed E-state index contributed by atoms with van der Waals surface area (Å²) in [4.78, 5) is 0. The number of benzene rings is 1. The highest BCUT2D eigenvalue weighted by Crippen LogP contribution is 2.33. The van der Waals surface area contributed by atoms with Gasteiger partial charge in [-0.15, -0.1) is 0 Å². The summed E-state index contributed by atoms with van der Waals surface area (Å²) in [7, 11) is 3.30. The molecule has 76 valence electrons. The summed E-state index contributed by atoms with van der Waals surface area (Å²) < 4.78 is 10.5. The topological polar surface area (TPSA) is 18.5 Å². The van der Waals surface area contributed by atoms with Gasteiger partial charge in [0.25, 0.3) is 0 Å². The number of aryl methyl sites for hydroxylation is 1. The Bertz CT molecular complexity index is 340. The molecule has 0 aliphatic carbocycles. The molecule has 0 atom stereocenters. The van der Waals surface area contributed by atoms with Gasteiger partial charge >= 0.3 is 0 Å². The molecule has 2 heteroatoms. The summed E-state index contributed by atoms with van der Waals surface area (Å²) >= 11 is 0. The van der Waals surface area contributed by atoms with Crippen LogP contribution in [-0.4, -0.2) is 14.2 Å². The molecule has 0 bridgehead atoms. The van der Waals surface area contributed by atoms with Gasteiger partial charge < -0.3 is 9.47 Å². The van der Waals surface area contributed by atoms with E-state index in [0.717, 1.165) is 17.1 Å². The Kier molecular flexibility index (Phi) is 3.57. The lowest BCUT2D eigenvalue weighted by atomic mass is 10.1. The van der Waals surface area contributed by atoms with Crippen LogP contribution in [0.3, 0.4) is 0 Å². The highest BCUT2D eigenvalue weighted by Gasteiger charge is 2.09. The fraction of sp³-hybridized carbons (Fsp3) is 0.333. The maximum atomic E-state index is 5.32. The molecule has 0 saturated heterocycles. The van der Waals surface area contributed by atoms with Crippen molar-refractivity contribution in [2.45, 2.75) is 13.8 Å². The van der Waals surface area contributed by atoms with Crippen LogP contribution in [-0.2, 0) is 0 Å². The third kappa shape index (κ3) is 1.90. The Morgan fingerprint density at radius 3 is 2.36 bits per heavy atom. The van der Waals surface area contributed by atoms with Crippen LogP contribution >= 0.6 is 0 Å². The van der Waals surface area contributed by atoms with E-state index in [1.165, 1.54) is 5.56 Å². The summed E-state index contributed by atoms with van der Waals surface area (Å²) in [5, 5.41) is 0. The minimum atomic E-state index is 0.770. The van der Waals surface area contributed by atoms with Crippen LogP contribution in [0.15, 0.2) is 18.2 Å². The summed E-state index contributed by atoms with van der Waals surface area (Å²) in [5.41, 5.74) is 2.26. The van der Waals surface area contributed by atoms with Gasteiger partial charge in [0, 0.05) is 5.56 Å². The molecule has 0 aliphatic rings. The van der Waals surface area contributed by atoms with E-state index in [9.17, 15) is 0 Å². The summed E-state index contributed by atoms with van der Waals surface area (Å²) in [6.45, 7) is 4.04. The van der Waals surface area contributed by atoms with Crippen molar-refractivity contribution in [2.24, 2.45) is 0 Å². The second kappa shape index (κ2) is 4.70. The van der Waals surface area contributed by atoms with E-state index in [1.54, 1.807) is 14.2 Å². The summed E-state index contributed by atoms with van der Waals surface area (Å²) in [6.07, 6.45) is 4.01. The Hall–Kier alpha value is -1.44. The maximum absolute atomic E-state index is 5.32. The van der Waals surface area contributed by atoms with Crippen molar-refractivity contribution in [3.8, 4) is 11.5 Å². The maximum Gasteiger partial charge on any atom is 0.168 e. The molecule has 0 aliphatic heterocycles. The first-order valence-corrected chi connectivity index (χ1v) is 4.58. The molecular weight excluding hydrogens is 176 g/mol. The second-order valence-corrected chi connectivity index (χ2v) is 3.03. The molecule has 0 N–H and O–H groups in total. The number of rotatable bonds is 3. The first kappa shape index (κ1) is 10.6. The van der Waals surface area contributed by atoms with Crippen LogP contribution < -0.4 is 9.47 Å². The van der Waals surface area contributed by atoms with Crippen LogP contribution in [0.25, 0.3) is 6.08 Å². The highest BCUT2D eigenvalue weighted by atomic mass is 16.5. The summed E-state index contributed by atoms with van der Waals surface area (Å²) in [6, 6.07) is 3.94. The van der Waals surface area contributed by atoms with Gasteiger partial charge in [-0.1, -0.05) is 18.2 Å². The lowest BCUT2D eigenvalue weighted by Crippen LogP contribution is -1.94. The lowest BCUT2D eigenvalue weighted by Gasteiger charge is -2.12. The monoisotopic (exact) mass is 192 g/mol. The van der Waals surface area contributed by atoms with Crippen molar-refractivity contribution in [1.82, 2.24) is 0 Å². The van der Waals surface area contributed by atoms with Crippen LogP contribution in [0, 0.1) is 6.92 Å². The van der Waals surface area contributed by atoms with Crippen LogP contribution in [0.5, 0.6) is 11.5 Å². The van der Waals surface area contributed by atoms with Crippen LogP contribution in [0.4, 0.5) is 0 Å². The molecule has 1 aromatic carbocycles. The Morgan fingerprint density at radius 1 is 1.14 bits per heavy atom. The van der Waals surface area contributed by atoms with Crippen molar-refractivity contribution in [2.75, 3.05) is 14.2 Å². The molecule has 0 heterocycles. The molecule has 0 aromatic heterocycles. The zero-order valence-corrected chi connectivity index (χ0v) is 9.13. The number of hydrogen-bond acceptors (Lipinski definition) is 2.